The second-order valence-corrected chi connectivity index (χ2v) is 12.3. The first-order valence-corrected chi connectivity index (χ1v) is 17.6. The smallest absolute Gasteiger partial charge is 0.220 e. The molecule has 0 bridgehead atoms. The predicted octanol–water partition coefficient (Wildman–Crippen LogP) is 5.21. The molecule has 1 aliphatic rings. The lowest BCUT2D eigenvalue weighted by Gasteiger charge is -2.40. The van der Waals surface area contributed by atoms with Crippen LogP contribution in [0.1, 0.15) is 136 Å². The lowest BCUT2D eigenvalue weighted by atomic mass is 9.99. The second kappa shape index (κ2) is 26.8. The van der Waals surface area contributed by atoms with Crippen molar-refractivity contribution in [1.29, 1.82) is 0 Å². The van der Waals surface area contributed by atoms with E-state index in [1.165, 1.54) is 83.5 Å². The molecule has 1 amide bonds. The van der Waals surface area contributed by atoms with Gasteiger partial charge >= 0.3 is 0 Å². The average molecular weight is 628 g/mol. The molecule has 0 radical (unpaired) electrons. The predicted molar refractivity (Wildman–Crippen MR) is 175 cm³/mol. The molecule has 0 aliphatic carbocycles. The number of aliphatic hydroxyl groups excluding tert-OH is 5. The second-order valence-electron chi connectivity index (χ2n) is 12.3. The number of allylic oxidation sites excluding steroid dienone is 3. The molecule has 7 unspecified atom stereocenters. The maximum absolute atomic E-state index is 12.4. The number of aliphatic hydroxyl groups is 5. The van der Waals surface area contributed by atoms with Crippen molar-refractivity contribution in [1.82, 2.24) is 5.32 Å². The molecule has 0 aromatic heterocycles. The fraction of sp³-hybridized carbons (Fsp3) is 0.857. The van der Waals surface area contributed by atoms with E-state index in [9.17, 15) is 30.3 Å². The molecule has 1 saturated heterocycles. The van der Waals surface area contributed by atoms with Gasteiger partial charge in [-0.15, -0.1) is 0 Å². The Morgan fingerprint density at radius 1 is 0.750 bits per heavy atom. The van der Waals surface area contributed by atoms with Gasteiger partial charge in [0.25, 0.3) is 0 Å². The molecule has 1 rings (SSSR count). The summed E-state index contributed by atoms with van der Waals surface area (Å²) in [6.45, 7) is 3.48. The summed E-state index contributed by atoms with van der Waals surface area (Å²) in [4.78, 5) is 12.4. The summed E-state index contributed by atoms with van der Waals surface area (Å²) >= 11 is 0. The number of rotatable bonds is 27. The molecule has 0 spiro atoms. The lowest BCUT2D eigenvalue weighted by molar-refractivity contribution is -0.302. The van der Waals surface area contributed by atoms with E-state index in [0.29, 0.717) is 12.8 Å². The molecule has 0 aromatic carbocycles. The van der Waals surface area contributed by atoms with Crippen LogP contribution in [0.15, 0.2) is 24.3 Å². The monoisotopic (exact) mass is 627 g/mol. The standard InChI is InChI=1S/C35H65NO8/c1-3-5-7-8-9-10-11-12-13-14-15-16-17-18-19-20-21-22-23-24-29(38)28(36-31(39)25-6-4-2)27-43-35-34(42)33(41)32(40)30(26-37)44-35/h19-20,23-24,28-30,32-35,37-38,40-42H,3-18,21-22,25-27H2,1-2H3,(H,36,39)/b20-19+,24-23+. The molecular weight excluding hydrogens is 562 g/mol. The quantitative estimate of drug-likeness (QED) is 0.0537. The number of carbonyl (C=O) groups excluding carboxylic acids is 1. The molecule has 1 aliphatic heterocycles. The zero-order valence-corrected chi connectivity index (χ0v) is 27.7. The van der Waals surface area contributed by atoms with Crippen molar-refractivity contribution in [2.24, 2.45) is 0 Å². The maximum Gasteiger partial charge on any atom is 0.220 e. The van der Waals surface area contributed by atoms with Crippen LogP contribution in [0, 0.1) is 0 Å². The largest absolute Gasteiger partial charge is 0.394 e. The van der Waals surface area contributed by atoms with Crippen LogP contribution in [0.4, 0.5) is 0 Å². The molecule has 0 aromatic rings. The molecule has 1 fully saturated rings. The van der Waals surface area contributed by atoms with E-state index in [0.717, 1.165) is 25.7 Å². The van der Waals surface area contributed by atoms with Crippen LogP contribution < -0.4 is 5.32 Å². The van der Waals surface area contributed by atoms with Crippen LogP contribution in [-0.4, -0.2) is 87.5 Å². The topological polar surface area (TPSA) is 149 Å². The highest BCUT2D eigenvalue weighted by molar-refractivity contribution is 5.76. The van der Waals surface area contributed by atoms with Crippen molar-refractivity contribution >= 4 is 5.91 Å². The molecule has 6 N–H and O–H groups in total. The molecule has 9 heteroatoms. The van der Waals surface area contributed by atoms with Crippen molar-refractivity contribution in [3.8, 4) is 0 Å². The Bertz CT molecular complexity index is 746. The van der Waals surface area contributed by atoms with Crippen LogP contribution in [0.3, 0.4) is 0 Å². The number of ether oxygens (including phenoxy) is 2. The summed E-state index contributed by atoms with van der Waals surface area (Å²) < 4.78 is 11.0. The van der Waals surface area contributed by atoms with E-state index in [2.05, 4.69) is 24.4 Å². The Morgan fingerprint density at radius 3 is 1.89 bits per heavy atom. The molecular formula is C35H65NO8. The number of hydrogen-bond acceptors (Lipinski definition) is 8. The van der Waals surface area contributed by atoms with Gasteiger partial charge in [-0.3, -0.25) is 4.79 Å². The Balaban J connectivity index is 2.30. The summed E-state index contributed by atoms with van der Waals surface area (Å²) in [6.07, 6.45) is 22.0. The average Bonchev–Trinajstić information content (AvgIpc) is 3.02. The summed E-state index contributed by atoms with van der Waals surface area (Å²) in [6, 6.07) is -0.811. The third kappa shape index (κ3) is 18.6. The van der Waals surface area contributed by atoms with Crippen LogP contribution in [-0.2, 0) is 14.3 Å². The highest BCUT2D eigenvalue weighted by atomic mass is 16.7. The van der Waals surface area contributed by atoms with E-state index in [-0.39, 0.29) is 12.5 Å². The number of nitrogens with one attached hydrogen (secondary N) is 1. The van der Waals surface area contributed by atoms with Gasteiger partial charge in [-0.05, 0) is 32.1 Å². The number of carbonyl (C=O) groups is 1. The van der Waals surface area contributed by atoms with Gasteiger partial charge in [0, 0.05) is 6.42 Å². The Kier molecular flexibility index (Phi) is 24.8. The number of hydrogen-bond donors (Lipinski definition) is 6. The molecule has 0 saturated carbocycles. The minimum atomic E-state index is -1.56. The van der Waals surface area contributed by atoms with E-state index >= 15 is 0 Å². The summed E-state index contributed by atoms with van der Waals surface area (Å²) in [5, 5.41) is 53.2. The number of amides is 1. The van der Waals surface area contributed by atoms with Crippen molar-refractivity contribution in [2.75, 3.05) is 13.2 Å². The van der Waals surface area contributed by atoms with Gasteiger partial charge in [0.1, 0.15) is 24.4 Å². The van der Waals surface area contributed by atoms with E-state index in [1.807, 2.05) is 13.0 Å². The first-order chi connectivity index (χ1) is 21.3. The van der Waals surface area contributed by atoms with Gasteiger partial charge in [-0.2, -0.15) is 0 Å². The van der Waals surface area contributed by atoms with Crippen molar-refractivity contribution < 1.29 is 39.8 Å². The van der Waals surface area contributed by atoms with Gasteiger partial charge < -0.3 is 40.3 Å². The Morgan fingerprint density at radius 2 is 1.30 bits per heavy atom. The normalized spacial score (nSPS) is 23.8. The van der Waals surface area contributed by atoms with Crippen LogP contribution in [0.25, 0.3) is 0 Å². The van der Waals surface area contributed by atoms with E-state index in [4.69, 9.17) is 9.47 Å². The maximum atomic E-state index is 12.4. The zero-order valence-electron chi connectivity index (χ0n) is 27.7. The van der Waals surface area contributed by atoms with Crippen molar-refractivity contribution in [2.45, 2.75) is 179 Å². The Labute approximate surface area is 267 Å². The third-order valence-electron chi connectivity index (χ3n) is 8.28. The van der Waals surface area contributed by atoms with Crippen molar-refractivity contribution in [3.05, 3.63) is 24.3 Å². The molecule has 44 heavy (non-hydrogen) atoms. The summed E-state index contributed by atoms with van der Waals surface area (Å²) in [5.41, 5.74) is 0. The third-order valence-corrected chi connectivity index (χ3v) is 8.28. The highest BCUT2D eigenvalue weighted by Crippen LogP contribution is 2.22. The van der Waals surface area contributed by atoms with Crippen LogP contribution >= 0.6 is 0 Å². The van der Waals surface area contributed by atoms with E-state index < -0.39 is 49.5 Å². The molecule has 7 atom stereocenters. The van der Waals surface area contributed by atoms with E-state index in [1.54, 1.807) is 6.08 Å². The van der Waals surface area contributed by atoms with Gasteiger partial charge in [0.15, 0.2) is 6.29 Å². The van der Waals surface area contributed by atoms with Gasteiger partial charge in [0.05, 0.1) is 25.4 Å². The minimum absolute atomic E-state index is 0.203. The van der Waals surface area contributed by atoms with Gasteiger partial charge in [0.2, 0.25) is 5.91 Å². The molecule has 258 valence electrons. The molecule has 9 nitrogen and oxygen atoms in total. The number of unbranched alkanes of at least 4 members (excludes halogenated alkanes) is 15. The summed E-state index contributed by atoms with van der Waals surface area (Å²) in [5.74, 6) is -0.224. The van der Waals surface area contributed by atoms with Crippen molar-refractivity contribution in [3.63, 3.8) is 0 Å². The zero-order chi connectivity index (χ0) is 32.4. The highest BCUT2D eigenvalue weighted by Gasteiger charge is 2.44. The first kappa shape index (κ1) is 40.7. The van der Waals surface area contributed by atoms with Crippen LogP contribution in [0.5, 0.6) is 0 Å². The fourth-order valence-electron chi connectivity index (χ4n) is 5.32. The molecule has 1 heterocycles. The lowest BCUT2D eigenvalue weighted by Crippen LogP contribution is -2.60. The van der Waals surface area contributed by atoms with Crippen LogP contribution in [0.2, 0.25) is 0 Å². The fourth-order valence-corrected chi connectivity index (χ4v) is 5.32. The summed E-state index contributed by atoms with van der Waals surface area (Å²) in [7, 11) is 0. The van der Waals surface area contributed by atoms with Gasteiger partial charge in [-0.1, -0.05) is 122 Å². The minimum Gasteiger partial charge on any atom is -0.394 e. The first-order valence-electron chi connectivity index (χ1n) is 17.6. The van der Waals surface area contributed by atoms with Gasteiger partial charge in [-0.25, -0.2) is 0 Å². The Hall–Kier alpha value is -1.33. The SMILES string of the molecule is CCCCCCCCCCCCCCC/C=C/CC/C=C/C(O)C(COC1OC(CO)C(O)C(O)C1O)NC(=O)CCCC.